The Morgan fingerprint density at radius 1 is 1.10 bits per heavy atom. The predicted octanol–water partition coefficient (Wildman–Crippen LogP) is -1.78. The van der Waals surface area contributed by atoms with Crippen LogP contribution in [0.25, 0.3) is 0 Å². The molecule has 0 aromatic rings. The van der Waals surface area contributed by atoms with E-state index in [1.807, 2.05) is 6.92 Å². The fourth-order valence-electron chi connectivity index (χ4n) is 2.91. The van der Waals surface area contributed by atoms with Gasteiger partial charge in [0.25, 0.3) is 0 Å². The molecule has 5 unspecified atom stereocenters. The molecule has 11 heteroatoms. The molecule has 164 valence electrons. The van der Waals surface area contributed by atoms with Gasteiger partial charge in [-0.05, 0) is 32.2 Å². The molecule has 1 aliphatic heterocycles. The van der Waals surface area contributed by atoms with E-state index in [2.05, 4.69) is 21.3 Å². The second kappa shape index (κ2) is 11.3. The first kappa shape index (κ1) is 24.3. The van der Waals surface area contributed by atoms with E-state index in [0.717, 1.165) is 6.42 Å². The Hall–Kier alpha value is -2.69. The lowest BCUT2D eigenvalue weighted by atomic mass is 9.97. The number of hydrogen-bond acceptors (Lipinski definition) is 6. The van der Waals surface area contributed by atoms with Crippen LogP contribution < -0.4 is 27.0 Å². The second-order valence-corrected chi connectivity index (χ2v) is 7.32. The summed E-state index contributed by atoms with van der Waals surface area (Å²) >= 11 is 0. The van der Waals surface area contributed by atoms with Crippen molar-refractivity contribution in [3.05, 3.63) is 0 Å². The van der Waals surface area contributed by atoms with Gasteiger partial charge in [-0.2, -0.15) is 0 Å². The van der Waals surface area contributed by atoms with Crippen LogP contribution in [0.1, 0.15) is 46.5 Å². The number of nitrogens with one attached hydrogen (secondary N) is 4. The van der Waals surface area contributed by atoms with E-state index < -0.39 is 60.2 Å². The number of carbonyl (C=O) groups excluding carboxylic acids is 4. The van der Waals surface area contributed by atoms with Crippen LogP contribution >= 0.6 is 0 Å². The van der Waals surface area contributed by atoms with E-state index in [9.17, 15) is 24.0 Å². The first-order valence-corrected chi connectivity index (χ1v) is 9.72. The molecule has 1 fully saturated rings. The van der Waals surface area contributed by atoms with Crippen molar-refractivity contribution in [1.82, 2.24) is 21.3 Å². The molecule has 4 amide bonds. The van der Waals surface area contributed by atoms with Gasteiger partial charge in [-0.15, -0.1) is 0 Å². The predicted molar refractivity (Wildman–Crippen MR) is 103 cm³/mol. The molecule has 0 bridgehead atoms. The third-order valence-electron chi connectivity index (χ3n) is 4.94. The highest BCUT2D eigenvalue weighted by Gasteiger charge is 2.33. The van der Waals surface area contributed by atoms with Gasteiger partial charge in [0.05, 0.1) is 12.5 Å². The Kier molecular flexibility index (Phi) is 9.53. The van der Waals surface area contributed by atoms with Crippen LogP contribution in [0.3, 0.4) is 0 Å². The Bertz CT molecular complexity index is 634. The Labute approximate surface area is 169 Å². The van der Waals surface area contributed by atoms with Gasteiger partial charge in [0.1, 0.15) is 18.1 Å². The molecular weight excluding hydrogens is 382 g/mol. The molecule has 1 rings (SSSR count). The molecule has 0 spiro atoms. The molecular formula is C18H31N5O6. The lowest BCUT2D eigenvalue weighted by Crippen LogP contribution is -2.58. The number of carboxylic acids is 1. The van der Waals surface area contributed by atoms with Crippen LogP contribution in [0.15, 0.2) is 0 Å². The molecule has 1 heterocycles. The third-order valence-corrected chi connectivity index (χ3v) is 4.94. The lowest BCUT2D eigenvalue weighted by Gasteiger charge is -2.27. The van der Waals surface area contributed by atoms with Crippen LogP contribution in [0.2, 0.25) is 0 Å². The molecule has 11 nitrogen and oxygen atoms in total. The SMILES string of the molecule is CCC(C)C(NC(=O)C(CC(N)=O)NC(=O)C1CCCN1)C(=O)NC(C)C(=O)O. The minimum Gasteiger partial charge on any atom is -0.480 e. The molecule has 0 aromatic heterocycles. The first-order chi connectivity index (χ1) is 13.6. The van der Waals surface area contributed by atoms with Crippen molar-refractivity contribution in [2.75, 3.05) is 6.54 Å². The van der Waals surface area contributed by atoms with Crippen molar-refractivity contribution in [2.24, 2.45) is 11.7 Å². The molecule has 0 saturated carbocycles. The molecule has 29 heavy (non-hydrogen) atoms. The Balaban J connectivity index is 2.89. The highest BCUT2D eigenvalue weighted by atomic mass is 16.4. The highest BCUT2D eigenvalue weighted by Crippen LogP contribution is 2.10. The van der Waals surface area contributed by atoms with Crippen molar-refractivity contribution >= 4 is 29.6 Å². The van der Waals surface area contributed by atoms with Gasteiger partial charge in [0.15, 0.2) is 0 Å². The Morgan fingerprint density at radius 2 is 1.76 bits per heavy atom. The number of nitrogens with two attached hydrogens (primary N) is 1. The number of aliphatic carboxylic acids is 1. The molecule has 5 atom stereocenters. The quantitative estimate of drug-likeness (QED) is 0.231. The van der Waals surface area contributed by atoms with E-state index in [-0.39, 0.29) is 5.92 Å². The summed E-state index contributed by atoms with van der Waals surface area (Å²) in [6.07, 6.45) is 1.54. The molecule has 1 saturated heterocycles. The number of primary amides is 1. The Morgan fingerprint density at radius 3 is 2.24 bits per heavy atom. The van der Waals surface area contributed by atoms with E-state index >= 15 is 0 Å². The minimum atomic E-state index is -1.24. The van der Waals surface area contributed by atoms with E-state index in [0.29, 0.717) is 19.4 Å². The molecule has 7 N–H and O–H groups in total. The smallest absolute Gasteiger partial charge is 0.325 e. The fourth-order valence-corrected chi connectivity index (χ4v) is 2.91. The first-order valence-electron chi connectivity index (χ1n) is 9.72. The zero-order valence-electron chi connectivity index (χ0n) is 17.0. The fraction of sp³-hybridized carbons (Fsp3) is 0.722. The topological polar surface area (TPSA) is 180 Å². The van der Waals surface area contributed by atoms with Crippen molar-refractivity contribution in [1.29, 1.82) is 0 Å². The van der Waals surface area contributed by atoms with Crippen molar-refractivity contribution in [2.45, 2.75) is 70.6 Å². The number of carbonyl (C=O) groups is 5. The van der Waals surface area contributed by atoms with E-state index in [4.69, 9.17) is 10.8 Å². The maximum Gasteiger partial charge on any atom is 0.325 e. The van der Waals surface area contributed by atoms with E-state index in [1.165, 1.54) is 6.92 Å². The van der Waals surface area contributed by atoms with Gasteiger partial charge in [0, 0.05) is 0 Å². The summed E-state index contributed by atoms with van der Waals surface area (Å²) in [7, 11) is 0. The van der Waals surface area contributed by atoms with Gasteiger partial charge in [0.2, 0.25) is 23.6 Å². The standard InChI is InChI=1S/C18H31N5O6/c1-4-9(2)14(17(27)21-10(3)18(28)29)23-16(26)12(8-13(19)24)22-15(25)11-6-5-7-20-11/h9-12,14,20H,4-8H2,1-3H3,(H2,19,24)(H,21,27)(H,22,25)(H,23,26)(H,28,29). The highest BCUT2D eigenvalue weighted by molar-refractivity contribution is 5.96. The summed E-state index contributed by atoms with van der Waals surface area (Å²) < 4.78 is 0. The summed E-state index contributed by atoms with van der Waals surface area (Å²) in [5, 5.41) is 19.3. The summed E-state index contributed by atoms with van der Waals surface area (Å²) in [6.45, 7) is 5.52. The monoisotopic (exact) mass is 413 g/mol. The van der Waals surface area contributed by atoms with Gasteiger partial charge in [-0.1, -0.05) is 20.3 Å². The van der Waals surface area contributed by atoms with Crippen LogP contribution in [-0.4, -0.2) is 65.4 Å². The van der Waals surface area contributed by atoms with Gasteiger partial charge < -0.3 is 32.1 Å². The van der Waals surface area contributed by atoms with Gasteiger partial charge in [-0.25, -0.2) is 0 Å². The number of amides is 4. The van der Waals surface area contributed by atoms with Gasteiger partial charge >= 0.3 is 5.97 Å². The maximum atomic E-state index is 12.7. The second-order valence-electron chi connectivity index (χ2n) is 7.32. The minimum absolute atomic E-state index is 0.318. The molecule has 0 radical (unpaired) electrons. The lowest BCUT2D eigenvalue weighted by molar-refractivity contribution is -0.142. The number of rotatable bonds is 11. The summed E-state index contributed by atoms with van der Waals surface area (Å²) in [6, 6.07) is -3.87. The number of hydrogen-bond donors (Lipinski definition) is 6. The average molecular weight is 413 g/mol. The van der Waals surface area contributed by atoms with Crippen molar-refractivity contribution in [3.8, 4) is 0 Å². The van der Waals surface area contributed by atoms with Crippen molar-refractivity contribution in [3.63, 3.8) is 0 Å². The van der Waals surface area contributed by atoms with E-state index in [1.54, 1.807) is 6.92 Å². The maximum absolute atomic E-state index is 12.7. The van der Waals surface area contributed by atoms with Crippen LogP contribution in [0, 0.1) is 5.92 Å². The van der Waals surface area contributed by atoms with Crippen molar-refractivity contribution < 1.29 is 29.1 Å². The summed E-state index contributed by atoms with van der Waals surface area (Å²) in [4.78, 5) is 59.9. The zero-order valence-corrected chi connectivity index (χ0v) is 17.0. The van der Waals surface area contributed by atoms with Crippen LogP contribution in [0.4, 0.5) is 0 Å². The van der Waals surface area contributed by atoms with Gasteiger partial charge in [-0.3, -0.25) is 24.0 Å². The third kappa shape index (κ3) is 7.68. The summed E-state index contributed by atoms with van der Waals surface area (Å²) in [5.74, 6) is -4.14. The summed E-state index contributed by atoms with van der Waals surface area (Å²) in [5.41, 5.74) is 5.21. The average Bonchev–Trinajstić information content (AvgIpc) is 3.18. The molecule has 0 aromatic carbocycles. The number of carboxylic acid groups (broad SMARTS) is 1. The normalized spacial score (nSPS) is 20.0. The largest absolute Gasteiger partial charge is 0.480 e. The molecule has 0 aliphatic carbocycles. The molecule has 1 aliphatic rings. The van der Waals surface area contributed by atoms with Crippen LogP contribution in [-0.2, 0) is 24.0 Å². The zero-order chi connectivity index (χ0) is 22.1. The van der Waals surface area contributed by atoms with Crippen LogP contribution in [0.5, 0.6) is 0 Å².